The maximum Gasteiger partial charge on any atom is 0.251 e. The fourth-order valence-electron chi connectivity index (χ4n) is 2.94. The molecular formula is C16H23N3O2. The number of rotatable bonds is 4. The minimum Gasteiger partial charge on any atom is -0.366 e. The van der Waals surface area contributed by atoms with Gasteiger partial charge in [-0.15, -0.1) is 0 Å². The number of carbonyl (C=O) groups excluding carboxylic acids is 2. The van der Waals surface area contributed by atoms with E-state index in [1.54, 1.807) is 24.3 Å². The first kappa shape index (κ1) is 15.5. The second-order valence-corrected chi connectivity index (χ2v) is 5.84. The van der Waals surface area contributed by atoms with Crippen LogP contribution in [0.15, 0.2) is 24.3 Å². The van der Waals surface area contributed by atoms with Crippen molar-refractivity contribution in [3.05, 3.63) is 35.4 Å². The first-order valence-corrected chi connectivity index (χ1v) is 7.36. The number of hydrogen-bond acceptors (Lipinski definition) is 3. The van der Waals surface area contributed by atoms with E-state index in [-0.39, 0.29) is 11.9 Å². The molecule has 1 saturated carbocycles. The van der Waals surface area contributed by atoms with Crippen molar-refractivity contribution in [2.45, 2.75) is 37.8 Å². The SMILES string of the molecule is CN(C)[C@H]1CCCC[C@H]1NC(=O)c1ccc(C(N)=O)cc1. The van der Waals surface area contributed by atoms with E-state index in [9.17, 15) is 9.59 Å². The summed E-state index contributed by atoms with van der Waals surface area (Å²) in [5, 5.41) is 3.12. The zero-order chi connectivity index (χ0) is 15.4. The lowest BCUT2D eigenvalue weighted by Crippen LogP contribution is -2.51. The monoisotopic (exact) mass is 289 g/mol. The van der Waals surface area contributed by atoms with Gasteiger partial charge in [0.1, 0.15) is 0 Å². The number of nitrogens with zero attached hydrogens (tertiary/aromatic N) is 1. The average Bonchev–Trinajstić information content (AvgIpc) is 2.47. The molecule has 1 fully saturated rings. The topological polar surface area (TPSA) is 75.4 Å². The molecule has 1 aromatic rings. The fraction of sp³-hybridized carbons (Fsp3) is 0.500. The average molecular weight is 289 g/mol. The lowest BCUT2D eigenvalue weighted by molar-refractivity contribution is 0.0881. The minimum absolute atomic E-state index is 0.0928. The van der Waals surface area contributed by atoms with Crippen molar-refractivity contribution in [1.29, 1.82) is 0 Å². The summed E-state index contributed by atoms with van der Waals surface area (Å²) in [5.41, 5.74) is 6.17. The first-order chi connectivity index (χ1) is 9.99. The number of amides is 2. The fourth-order valence-corrected chi connectivity index (χ4v) is 2.94. The van der Waals surface area contributed by atoms with Crippen molar-refractivity contribution in [3.8, 4) is 0 Å². The van der Waals surface area contributed by atoms with E-state index >= 15 is 0 Å². The highest BCUT2D eigenvalue weighted by Crippen LogP contribution is 2.22. The van der Waals surface area contributed by atoms with Gasteiger partial charge >= 0.3 is 0 Å². The normalized spacial score (nSPS) is 22.0. The van der Waals surface area contributed by atoms with Gasteiger partial charge in [-0.25, -0.2) is 0 Å². The molecule has 5 heteroatoms. The number of nitrogens with one attached hydrogen (secondary N) is 1. The number of hydrogen-bond donors (Lipinski definition) is 2. The molecule has 2 rings (SSSR count). The molecule has 3 N–H and O–H groups in total. The molecule has 1 aliphatic carbocycles. The molecule has 114 valence electrons. The summed E-state index contributed by atoms with van der Waals surface area (Å²) >= 11 is 0. The van der Waals surface area contributed by atoms with Gasteiger partial charge < -0.3 is 16.0 Å². The van der Waals surface area contributed by atoms with Crippen molar-refractivity contribution < 1.29 is 9.59 Å². The highest BCUT2D eigenvalue weighted by atomic mass is 16.2. The summed E-state index contributed by atoms with van der Waals surface area (Å²) in [7, 11) is 4.10. The number of primary amides is 1. The highest BCUT2D eigenvalue weighted by Gasteiger charge is 2.28. The Morgan fingerprint density at radius 1 is 1.10 bits per heavy atom. The van der Waals surface area contributed by atoms with E-state index in [4.69, 9.17) is 5.73 Å². The van der Waals surface area contributed by atoms with Gasteiger partial charge in [0.15, 0.2) is 0 Å². The zero-order valence-electron chi connectivity index (χ0n) is 12.6. The lowest BCUT2D eigenvalue weighted by Gasteiger charge is -2.36. The Kier molecular flexibility index (Phi) is 4.96. The van der Waals surface area contributed by atoms with Crippen LogP contribution in [-0.2, 0) is 0 Å². The molecule has 21 heavy (non-hydrogen) atoms. The second-order valence-electron chi connectivity index (χ2n) is 5.84. The molecule has 0 heterocycles. The van der Waals surface area contributed by atoms with Crippen molar-refractivity contribution in [3.63, 3.8) is 0 Å². The van der Waals surface area contributed by atoms with Crippen LogP contribution in [0.2, 0.25) is 0 Å². The Bertz CT molecular complexity index is 511. The summed E-state index contributed by atoms with van der Waals surface area (Å²) in [6.45, 7) is 0. The van der Waals surface area contributed by atoms with Crippen LogP contribution >= 0.6 is 0 Å². The van der Waals surface area contributed by atoms with Crippen molar-refractivity contribution in [1.82, 2.24) is 10.2 Å². The minimum atomic E-state index is -0.484. The first-order valence-electron chi connectivity index (χ1n) is 7.36. The molecule has 0 aromatic heterocycles. The highest BCUT2D eigenvalue weighted by molar-refractivity contribution is 5.97. The van der Waals surface area contributed by atoms with Gasteiger partial charge in [-0.3, -0.25) is 9.59 Å². The molecule has 1 aliphatic rings. The molecule has 0 aliphatic heterocycles. The van der Waals surface area contributed by atoms with Gasteiger partial charge in [-0.1, -0.05) is 12.8 Å². The Morgan fingerprint density at radius 3 is 2.24 bits per heavy atom. The third-order valence-electron chi connectivity index (χ3n) is 4.14. The molecule has 0 unspecified atom stereocenters. The zero-order valence-corrected chi connectivity index (χ0v) is 12.6. The lowest BCUT2D eigenvalue weighted by atomic mass is 9.89. The molecular weight excluding hydrogens is 266 g/mol. The Hall–Kier alpha value is -1.88. The van der Waals surface area contributed by atoms with Gasteiger partial charge in [0.05, 0.1) is 0 Å². The molecule has 2 atom stereocenters. The number of likely N-dealkylation sites (N-methyl/N-ethyl adjacent to an activating group) is 1. The van der Waals surface area contributed by atoms with Gasteiger partial charge in [0.25, 0.3) is 5.91 Å². The van der Waals surface area contributed by atoms with Crippen molar-refractivity contribution in [2.24, 2.45) is 5.73 Å². The number of carbonyl (C=O) groups is 2. The van der Waals surface area contributed by atoms with Gasteiger partial charge in [-0.05, 0) is 51.2 Å². The van der Waals surface area contributed by atoms with Crippen LogP contribution in [0.1, 0.15) is 46.4 Å². The standard InChI is InChI=1S/C16H23N3O2/c1-19(2)14-6-4-3-5-13(14)18-16(21)12-9-7-11(8-10-12)15(17)20/h7-10,13-14H,3-6H2,1-2H3,(H2,17,20)(H,18,21)/t13-,14+/m1/s1. The second kappa shape index (κ2) is 6.72. The molecule has 0 saturated heterocycles. The molecule has 0 spiro atoms. The summed E-state index contributed by atoms with van der Waals surface area (Å²) in [6.07, 6.45) is 4.48. The van der Waals surface area contributed by atoms with Crippen LogP contribution < -0.4 is 11.1 Å². The third kappa shape index (κ3) is 3.82. The van der Waals surface area contributed by atoms with E-state index in [1.165, 1.54) is 6.42 Å². The van der Waals surface area contributed by atoms with E-state index in [0.29, 0.717) is 17.2 Å². The number of nitrogens with two attached hydrogens (primary N) is 1. The van der Waals surface area contributed by atoms with Crippen LogP contribution in [0.4, 0.5) is 0 Å². The van der Waals surface area contributed by atoms with Crippen LogP contribution in [-0.4, -0.2) is 42.9 Å². The predicted molar refractivity (Wildman–Crippen MR) is 82.2 cm³/mol. The molecule has 1 aromatic carbocycles. The Balaban J connectivity index is 2.04. The molecule has 5 nitrogen and oxygen atoms in total. The smallest absolute Gasteiger partial charge is 0.251 e. The van der Waals surface area contributed by atoms with Crippen LogP contribution in [0.25, 0.3) is 0 Å². The van der Waals surface area contributed by atoms with Gasteiger partial charge in [-0.2, -0.15) is 0 Å². The van der Waals surface area contributed by atoms with E-state index in [1.807, 2.05) is 0 Å². The van der Waals surface area contributed by atoms with E-state index in [2.05, 4.69) is 24.3 Å². The van der Waals surface area contributed by atoms with E-state index in [0.717, 1.165) is 19.3 Å². The number of benzene rings is 1. The van der Waals surface area contributed by atoms with Crippen LogP contribution in [0.3, 0.4) is 0 Å². The Morgan fingerprint density at radius 2 is 1.67 bits per heavy atom. The summed E-state index contributed by atoms with van der Waals surface area (Å²) < 4.78 is 0. The van der Waals surface area contributed by atoms with Crippen molar-refractivity contribution in [2.75, 3.05) is 14.1 Å². The largest absolute Gasteiger partial charge is 0.366 e. The summed E-state index contributed by atoms with van der Waals surface area (Å²) in [4.78, 5) is 25.5. The summed E-state index contributed by atoms with van der Waals surface area (Å²) in [5.74, 6) is -0.577. The summed E-state index contributed by atoms with van der Waals surface area (Å²) in [6, 6.07) is 7.01. The molecule has 2 amide bonds. The van der Waals surface area contributed by atoms with Gasteiger partial charge in [0, 0.05) is 23.2 Å². The molecule has 0 radical (unpaired) electrons. The quantitative estimate of drug-likeness (QED) is 0.879. The maximum atomic E-state index is 12.3. The van der Waals surface area contributed by atoms with Crippen LogP contribution in [0, 0.1) is 0 Å². The van der Waals surface area contributed by atoms with Gasteiger partial charge in [0.2, 0.25) is 5.91 Å². The maximum absolute atomic E-state index is 12.3. The Labute approximate surface area is 125 Å². The van der Waals surface area contributed by atoms with Crippen molar-refractivity contribution >= 4 is 11.8 Å². The predicted octanol–water partition coefficient (Wildman–Crippen LogP) is 1.39. The van der Waals surface area contributed by atoms with E-state index < -0.39 is 5.91 Å². The third-order valence-corrected chi connectivity index (χ3v) is 4.14. The molecule has 0 bridgehead atoms. The van der Waals surface area contributed by atoms with Crippen LogP contribution in [0.5, 0.6) is 0 Å².